The molecule has 230 valence electrons. The fourth-order valence-corrected chi connectivity index (χ4v) is 5.54. The summed E-state index contributed by atoms with van der Waals surface area (Å²) in [6.07, 6.45) is 8.76. The molecule has 45 heavy (non-hydrogen) atoms. The number of aromatic nitrogens is 3. The van der Waals surface area contributed by atoms with Crippen LogP contribution < -0.4 is 25.8 Å². The van der Waals surface area contributed by atoms with Gasteiger partial charge in [-0.15, -0.1) is 0 Å². The van der Waals surface area contributed by atoms with Gasteiger partial charge in [0.05, 0.1) is 39.2 Å². The highest BCUT2D eigenvalue weighted by atomic mass is 16.5. The van der Waals surface area contributed by atoms with Gasteiger partial charge in [0, 0.05) is 55.3 Å². The maximum Gasteiger partial charge on any atom is 0.221 e. The number of rotatable bonds is 9. The lowest BCUT2D eigenvalue weighted by Crippen LogP contribution is -2.36. The van der Waals surface area contributed by atoms with Crippen LogP contribution in [0.25, 0.3) is 0 Å². The van der Waals surface area contributed by atoms with Gasteiger partial charge < -0.3 is 30.6 Å². The number of benzene rings is 2. The summed E-state index contributed by atoms with van der Waals surface area (Å²) in [5, 5.41) is 6.46. The van der Waals surface area contributed by atoms with Crippen LogP contribution in [-0.2, 0) is 11.2 Å². The molecule has 1 atom stereocenters. The number of morpholine rings is 1. The predicted molar refractivity (Wildman–Crippen MR) is 172 cm³/mol. The molecule has 4 heterocycles. The molecule has 0 radical (unpaired) electrons. The van der Waals surface area contributed by atoms with Gasteiger partial charge in [0.15, 0.2) is 17.3 Å². The lowest BCUT2D eigenvalue weighted by molar-refractivity contribution is 0.104. The number of hydrazone groups is 1. The van der Waals surface area contributed by atoms with Gasteiger partial charge in [0.25, 0.3) is 0 Å². The van der Waals surface area contributed by atoms with E-state index in [1.54, 1.807) is 35.8 Å². The van der Waals surface area contributed by atoms with Crippen molar-refractivity contribution in [1.82, 2.24) is 20.0 Å². The molecule has 0 amide bonds. The largest absolute Gasteiger partial charge is 0.493 e. The normalized spacial score (nSPS) is 16.1. The number of pyridine rings is 1. The third kappa shape index (κ3) is 6.27. The minimum Gasteiger partial charge on any atom is -0.493 e. The molecule has 4 N–H and O–H groups in total. The Kier molecular flexibility index (Phi) is 8.56. The second-order valence-electron chi connectivity index (χ2n) is 10.6. The Balaban J connectivity index is 1.31. The van der Waals surface area contributed by atoms with Gasteiger partial charge in [0.2, 0.25) is 5.95 Å². The highest BCUT2D eigenvalue weighted by molar-refractivity contribution is 6.07. The molecule has 2 aromatic heterocycles. The van der Waals surface area contributed by atoms with Crippen molar-refractivity contribution in [3.63, 3.8) is 0 Å². The topological polar surface area (TPSA) is 154 Å². The number of hydrogen-bond donors (Lipinski definition) is 2. The first-order valence-corrected chi connectivity index (χ1v) is 14.5. The zero-order valence-corrected chi connectivity index (χ0v) is 25.1. The van der Waals surface area contributed by atoms with E-state index >= 15 is 0 Å². The van der Waals surface area contributed by atoms with Crippen LogP contribution in [-0.4, -0.2) is 72.5 Å². The molecule has 1 saturated heterocycles. The highest BCUT2D eigenvalue weighted by Gasteiger charge is 2.27. The summed E-state index contributed by atoms with van der Waals surface area (Å²) in [5.41, 5.74) is 16.5. The Morgan fingerprint density at radius 1 is 1.04 bits per heavy atom. The van der Waals surface area contributed by atoms with E-state index in [2.05, 4.69) is 27.0 Å². The van der Waals surface area contributed by atoms with E-state index in [0.29, 0.717) is 42.3 Å². The van der Waals surface area contributed by atoms with E-state index in [-0.39, 0.29) is 23.6 Å². The molecule has 0 spiro atoms. The number of nitrogens with two attached hydrogens (primary N) is 2. The number of hydrogen-bond acceptors (Lipinski definition) is 12. The molecule has 2 aromatic carbocycles. The molecule has 12 nitrogen and oxygen atoms in total. The lowest BCUT2D eigenvalue weighted by atomic mass is 9.94. The molecule has 4 aromatic rings. The summed E-state index contributed by atoms with van der Waals surface area (Å²) in [4.78, 5) is 28.8. The molecule has 12 heteroatoms. The van der Waals surface area contributed by atoms with Crippen LogP contribution in [0.2, 0.25) is 0 Å². The number of nitrogen functional groups attached to an aromatic ring is 2. The first-order valence-electron chi connectivity index (χ1n) is 14.5. The van der Waals surface area contributed by atoms with E-state index in [1.807, 2.05) is 30.5 Å². The quantitative estimate of drug-likeness (QED) is 0.212. The average molecular weight is 607 g/mol. The Labute approximate surface area is 261 Å². The van der Waals surface area contributed by atoms with Crippen LogP contribution >= 0.6 is 0 Å². The van der Waals surface area contributed by atoms with Crippen molar-refractivity contribution in [2.24, 2.45) is 5.10 Å². The summed E-state index contributed by atoms with van der Waals surface area (Å²) >= 11 is 0. The number of allylic oxidation sites excluding steroid dienone is 1. The number of ketones is 1. The summed E-state index contributed by atoms with van der Waals surface area (Å²) in [6.45, 7) is 2.97. The Morgan fingerprint density at radius 3 is 2.60 bits per heavy atom. The fraction of sp³-hybridized carbons (Fsp3) is 0.242. The van der Waals surface area contributed by atoms with E-state index < -0.39 is 0 Å². The predicted octanol–water partition coefficient (Wildman–Crippen LogP) is 3.62. The Hall–Kier alpha value is -5.49. The van der Waals surface area contributed by atoms with Crippen molar-refractivity contribution in [1.29, 1.82) is 0 Å². The standard InChI is InChI=1S/C33H34N8O4/c1-43-28-17-21(15-24-19-37-33(35)39-32(24)34)16-26(31(28)44-2)27(42)9-10-41-30(25-6-4-3-5-22(25)20-38-41)23-7-8-29(36-18-23)40-11-13-45-14-12-40/h3-10,16-20,30H,11-15H2,1-2H3,(H4,34,35,37,39)/b10-9+. The number of nitrogens with zero attached hydrogens (tertiary/aromatic N) is 6. The lowest BCUT2D eigenvalue weighted by Gasteiger charge is -2.32. The second-order valence-corrected chi connectivity index (χ2v) is 10.6. The van der Waals surface area contributed by atoms with Gasteiger partial charge in [-0.1, -0.05) is 30.3 Å². The first-order chi connectivity index (χ1) is 21.9. The highest BCUT2D eigenvalue weighted by Crippen LogP contribution is 2.36. The maximum atomic E-state index is 13.8. The molecule has 1 fully saturated rings. The monoisotopic (exact) mass is 606 g/mol. The third-order valence-corrected chi connectivity index (χ3v) is 7.80. The smallest absolute Gasteiger partial charge is 0.221 e. The summed E-state index contributed by atoms with van der Waals surface area (Å²) < 4.78 is 16.7. The number of methoxy groups -OCH3 is 2. The second kappa shape index (κ2) is 13.0. The number of carbonyl (C=O) groups is 1. The number of fused-ring (bicyclic) bond motifs is 1. The van der Waals surface area contributed by atoms with Gasteiger partial charge in [0.1, 0.15) is 17.7 Å². The van der Waals surface area contributed by atoms with Crippen molar-refractivity contribution in [3.8, 4) is 11.5 Å². The van der Waals surface area contributed by atoms with Crippen molar-refractivity contribution < 1.29 is 19.0 Å². The first kappa shape index (κ1) is 29.6. The van der Waals surface area contributed by atoms with Crippen molar-refractivity contribution in [2.45, 2.75) is 12.5 Å². The number of ether oxygens (including phenoxy) is 3. The van der Waals surface area contributed by atoms with Crippen LogP contribution in [0.5, 0.6) is 11.5 Å². The zero-order valence-electron chi connectivity index (χ0n) is 25.1. The summed E-state index contributed by atoms with van der Waals surface area (Å²) in [6, 6.07) is 15.4. The van der Waals surface area contributed by atoms with Crippen LogP contribution in [0, 0.1) is 0 Å². The van der Waals surface area contributed by atoms with Crippen LogP contribution in [0.15, 0.2) is 78.3 Å². The maximum absolute atomic E-state index is 13.8. The number of carbonyl (C=O) groups excluding carboxylic acids is 1. The Morgan fingerprint density at radius 2 is 1.87 bits per heavy atom. The van der Waals surface area contributed by atoms with Crippen LogP contribution in [0.4, 0.5) is 17.6 Å². The molecule has 6 rings (SSSR count). The average Bonchev–Trinajstić information content (AvgIpc) is 3.08. The van der Waals surface area contributed by atoms with Crippen molar-refractivity contribution in [3.05, 3.63) is 107 Å². The molecule has 0 saturated carbocycles. The molecule has 2 aliphatic heterocycles. The minimum atomic E-state index is -0.294. The van der Waals surface area contributed by atoms with Crippen molar-refractivity contribution >= 4 is 29.6 Å². The van der Waals surface area contributed by atoms with E-state index in [4.69, 9.17) is 35.8 Å². The van der Waals surface area contributed by atoms with E-state index in [0.717, 1.165) is 41.2 Å². The van der Waals surface area contributed by atoms with Gasteiger partial charge in [-0.2, -0.15) is 10.1 Å². The Bertz CT molecular complexity index is 1750. The summed E-state index contributed by atoms with van der Waals surface area (Å²) in [5.74, 6) is 1.71. The van der Waals surface area contributed by atoms with Gasteiger partial charge >= 0.3 is 0 Å². The molecule has 0 bridgehead atoms. The molecular formula is C33H34N8O4. The van der Waals surface area contributed by atoms with Gasteiger partial charge in [-0.3, -0.25) is 9.80 Å². The SMILES string of the molecule is COc1cc(Cc2cnc(N)nc2N)cc(C(=O)/C=C/N2N=Cc3ccccc3C2c2ccc(N3CCOCC3)nc2)c1OC. The molecule has 0 aliphatic carbocycles. The van der Waals surface area contributed by atoms with Crippen molar-refractivity contribution in [2.75, 3.05) is 56.9 Å². The van der Waals surface area contributed by atoms with E-state index in [1.165, 1.54) is 20.3 Å². The zero-order chi connectivity index (χ0) is 31.3. The molecular weight excluding hydrogens is 572 g/mol. The van der Waals surface area contributed by atoms with Crippen LogP contribution in [0.1, 0.15) is 44.2 Å². The minimum absolute atomic E-state index is 0.0923. The van der Waals surface area contributed by atoms with E-state index in [9.17, 15) is 4.79 Å². The third-order valence-electron chi connectivity index (χ3n) is 7.80. The summed E-state index contributed by atoms with van der Waals surface area (Å²) in [7, 11) is 3.02. The number of anilines is 3. The van der Waals surface area contributed by atoms with Gasteiger partial charge in [-0.25, -0.2) is 9.97 Å². The molecule has 1 unspecified atom stereocenters. The van der Waals surface area contributed by atoms with Crippen LogP contribution in [0.3, 0.4) is 0 Å². The van der Waals surface area contributed by atoms with Gasteiger partial charge in [-0.05, 0) is 34.9 Å². The fourth-order valence-electron chi connectivity index (χ4n) is 5.54. The molecule has 2 aliphatic rings.